The number of hydrogen-bond acceptors (Lipinski definition) is 0. The topological polar surface area (TPSA) is 14.1 Å². The van der Waals surface area contributed by atoms with Crippen molar-refractivity contribution < 1.29 is 44.1 Å². The standard InChI is InChI=1S/C14H18N.Ac/c1-11-6-8-14(9-7-11)10-15-13-5-3-2-4-12(13)14;/h2-5,11H,6-10H2,1H3;/q-1;. The smallest absolute Gasteiger partial charge is 0 e. The van der Waals surface area contributed by atoms with Crippen LogP contribution in [0.2, 0.25) is 0 Å². The van der Waals surface area contributed by atoms with Crippen molar-refractivity contribution in [2.24, 2.45) is 5.92 Å². The van der Waals surface area contributed by atoms with Gasteiger partial charge < -0.3 is 5.32 Å². The van der Waals surface area contributed by atoms with Gasteiger partial charge in [-0.1, -0.05) is 36.8 Å². The molecule has 1 aliphatic carbocycles. The van der Waals surface area contributed by atoms with Crippen molar-refractivity contribution in [1.29, 1.82) is 0 Å². The fourth-order valence-corrected chi connectivity index (χ4v) is 3.12. The van der Waals surface area contributed by atoms with Crippen LogP contribution in [0.4, 0.5) is 5.69 Å². The molecule has 83 valence electrons. The second-order valence-electron chi connectivity index (χ2n) is 5.30. The van der Waals surface area contributed by atoms with Crippen LogP contribution in [-0.4, -0.2) is 6.54 Å². The minimum Gasteiger partial charge on any atom is -0.683 e. The first kappa shape index (κ1) is 12.9. The van der Waals surface area contributed by atoms with Gasteiger partial charge in [-0.05, 0) is 37.0 Å². The van der Waals surface area contributed by atoms with Gasteiger partial charge in [0.2, 0.25) is 0 Å². The summed E-state index contributed by atoms with van der Waals surface area (Å²) in [5.74, 6) is 0.920. The first-order valence-corrected chi connectivity index (χ1v) is 6.07. The number of fused-ring (bicyclic) bond motifs is 2. The Balaban J connectivity index is 0.000000963. The average Bonchev–Trinajstić information content (AvgIpc) is 2.63. The number of benzene rings is 1. The maximum absolute atomic E-state index is 4.70. The molecule has 0 aromatic heterocycles. The molecule has 1 spiro atoms. The SMILES string of the molecule is CC1CCC2(CC1)C[N-]c1ccccc12.[Ac]. The molecule has 1 aromatic rings. The third-order valence-electron chi connectivity index (χ3n) is 4.26. The minimum absolute atomic E-state index is 0. The molecule has 16 heavy (non-hydrogen) atoms. The van der Waals surface area contributed by atoms with Crippen LogP contribution >= 0.6 is 0 Å². The Morgan fingerprint density at radius 2 is 1.88 bits per heavy atom. The van der Waals surface area contributed by atoms with Gasteiger partial charge in [0.05, 0.1) is 0 Å². The predicted molar refractivity (Wildman–Crippen MR) is 63.6 cm³/mol. The van der Waals surface area contributed by atoms with Crippen LogP contribution in [0.1, 0.15) is 38.2 Å². The first-order chi connectivity index (χ1) is 7.30. The third kappa shape index (κ3) is 2.08. The van der Waals surface area contributed by atoms with Crippen LogP contribution in [0, 0.1) is 50.0 Å². The fourth-order valence-electron chi connectivity index (χ4n) is 3.12. The van der Waals surface area contributed by atoms with Crippen molar-refractivity contribution in [3.63, 3.8) is 0 Å². The van der Waals surface area contributed by atoms with Crippen molar-refractivity contribution in [3.8, 4) is 0 Å². The molecule has 0 saturated heterocycles. The van der Waals surface area contributed by atoms with Gasteiger partial charge in [0.15, 0.2) is 0 Å². The Kier molecular flexibility index (Phi) is 4.02. The summed E-state index contributed by atoms with van der Waals surface area (Å²) in [7, 11) is 0. The molecular formula is C14H18AcN-. The molecule has 0 unspecified atom stereocenters. The van der Waals surface area contributed by atoms with Crippen LogP contribution < -0.4 is 0 Å². The van der Waals surface area contributed by atoms with Gasteiger partial charge in [-0.2, -0.15) is 0 Å². The molecule has 0 amide bonds. The summed E-state index contributed by atoms with van der Waals surface area (Å²) >= 11 is 0. The second-order valence-corrected chi connectivity index (χ2v) is 5.30. The monoisotopic (exact) mass is 427 g/mol. The molecule has 1 nitrogen and oxygen atoms in total. The fraction of sp³-hybridized carbons (Fsp3) is 0.571. The van der Waals surface area contributed by atoms with Gasteiger partial charge >= 0.3 is 0 Å². The zero-order chi connectivity index (χ0) is 10.3. The van der Waals surface area contributed by atoms with Gasteiger partial charge in [0.1, 0.15) is 0 Å². The largest absolute Gasteiger partial charge is 0.683 e. The number of hydrogen-bond donors (Lipinski definition) is 0. The summed E-state index contributed by atoms with van der Waals surface area (Å²) in [5.41, 5.74) is 3.20. The Morgan fingerprint density at radius 3 is 2.62 bits per heavy atom. The van der Waals surface area contributed by atoms with E-state index in [-0.39, 0.29) is 44.1 Å². The van der Waals surface area contributed by atoms with Crippen LogP contribution in [0.5, 0.6) is 0 Å². The molecule has 1 saturated carbocycles. The number of rotatable bonds is 0. The predicted octanol–water partition coefficient (Wildman–Crippen LogP) is 4.15. The van der Waals surface area contributed by atoms with E-state index in [4.69, 9.17) is 5.32 Å². The Bertz CT molecular complexity index is 367. The number of nitrogens with zero attached hydrogens (tertiary/aromatic N) is 1. The maximum Gasteiger partial charge on any atom is 0 e. The van der Waals surface area contributed by atoms with Crippen LogP contribution in [-0.2, 0) is 5.41 Å². The van der Waals surface area contributed by atoms with Gasteiger partial charge in [-0.15, -0.1) is 12.2 Å². The van der Waals surface area contributed by atoms with E-state index in [0.29, 0.717) is 5.41 Å². The quantitative estimate of drug-likeness (QED) is 0.591. The van der Waals surface area contributed by atoms with Crippen LogP contribution in [0.3, 0.4) is 0 Å². The van der Waals surface area contributed by atoms with E-state index in [0.717, 1.165) is 12.5 Å². The van der Waals surface area contributed by atoms with Crippen molar-refractivity contribution in [2.45, 2.75) is 38.0 Å². The van der Waals surface area contributed by atoms with Gasteiger partial charge in [0.25, 0.3) is 0 Å². The second kappa shape index (κ2) is 4.99. The summed E-state index contributed by atoms with van der Waals surface area (Å²) in [4.78, 5) is 0. The van der Waals surface area contributed by atoms with E-state index in [1.807, 2.05) is 0 Å². The summed E-state index contributed by atoms with van der Waals surface area (Å²) in [6, 6.07) is 8.73. The molecule has 1 fully saturated rings. The Morgan fingerprint density at radius 1 is 1.19 bits per heavy atom. The van der Waals surface area contributed by atoms with Crippen molar-refractivity contribution in [1.82, 2.24) is 0 Å². The van der Waals surface area contributed by atoms with E-state index >= 15 is 0 Å². The summed E-state index contributed by atoms with van der Waals surface area (Å²) in [6.07, 6.45) is 5.44. The molecule has 2 aliphatic rings. The van der Waals surface area contributed by atoms with Crippen LogP contribution in [0.25, 0.3) is 5.32 Å². The third-order valence-corrected chi connectivity index (χ3v) is 4.26. The Hall–Kier alpha value is 0.462. The van der Waals surface area contributed by atoms with E-state index in [1.54, 1.807) is 0 Å². The van der Waals surface area contributed by atoms with Crippen molar-refractivity contribution in [2.75, 3.05) is 6.54 Å². The molecule has 3 rings (SSSR count). The van der Waals surface area contributed by atoms with E-state index in [2.05, 4.69) is 31.2 Å². The molecule has 0 bridgehead atoms. The van der Waals surface area contributed by atoms with E-state index in [1.165, 1.54) is 36.9 Å². The Labute approximate surface area is 134 Å². The molecular weight excluding hydrogens is 409 g/mol. The van der Waals surface area contributed by atoms with Crippen molar-refractivity contribution in [3.05, 3.63) is 35.1 Å². The van der Waals surface area contributed by atoms with Crippen molar-refractivity contribution >= 4 is 5.69 Å². The number of para-hydroxylation sites is 1. The van der Waals surface area contributed by atoms with Gasteiger partial charge in [-0.3, -0.25) is 0 Å². The molecule has 0 N–H and O–H groups in total. The molecule has 1 aromatic carbocycles. The van der Waals surface area contributed by atoms with E-state index in [9.17, 15) is 0 Å². The molecule has 0 atom stereocenters. The average molecular weight is 427 g/mol. The summed E-state index contributed by atoms with van der Waals surface area (Å²) in [5, 5.41) is 4.70. The molecule has 1 aliphatic heterocycles. The zero-order valence-corrected chi connectivity index (χ0v) is 14.7. The maximum atomic E-state index is 4.70. The molecule has 1 heterocycles. The van der Waals surface area contributed by atoms with Crippen LogP contribution in [0.15, 0.2) is 24.3 Å². The normalized spacial score (nSPS) is 31.7. The summed E-state index contributed by atoms with van der Waals surface area (Å²) < 4.78 is 0. The van der Waals surface area contributed by atoms with Gasteiger partial charge in [0, 0.05) is 44.1 Å². The molecule has 2 heteroatoms. The van der Waals surface area contributed by atoms with E-state index < -0.39 is 0 Å². The van der Waals surface area contributed by atoms with Gasteiger partial charge in [-0.25, -0.2) is 0 Å². The summed E-state index contributed by atoms with van der Waals surface area (Å²) in [6.45, 7) is 3.42. The zero-order valence-electron chi connectivity index (χ0n) is 9.95. The minimum atomic E-state index is 0. The first-order valence-electron chi connectivity index (χ1n) is 6.07. The molecule has 1 radical (unpaired) electrons.